The molecule has 2 atom stereocenters. The molecular formula is C15H22ClFN2O3. The third-order valence-corrected chi connectivity index (χ3v) is 3.28. The Balaban J connectivity index is 0.00000242. The summed E-state index contributed by atoms with van der Waals surface area (Å²) in [6.45, 7) is 4.15. The van der Waals surface area contributed by atoms with E-state index < -0.39 is 6.10 Å². The van der Waals surface area contributed by atoms with E-state index in [0.29, 0.717) is 31.9 Å². The maximum absolute atomic E-state index is 13.1. The summed E-state index contributed by atoms with van der Waals surface area (Å²) in [5.41, 5.74) is 0. The van der Waals surface area contributed by atoms with E-state index in [0.717, 1.165) is 6.54 Å². The second-order valence-corrected chi connectivity index (χ2v) is 4.91. The van der Waals surface area contributed by atoms with Crippen LogP contribution in [0.5, 0.6) is 5.75 Å². The largest absolute Gasteiger partial charge is 0.489 e. The van der Waals surface area contributed by atoms with Gasteiger partial charge in [-0.2, -0.15) is 0 Å². The van der Waals surface area contributed by atoms with E-state index in [1.807, 2.05) is 6.92 Å². The maximum atomic E-state index is 13.1. The fourth-order valence-electron chi connectivity index (χ4n) is 2.06. The Kier molecular flexibility index (Phi) is 8.16. The van der Waals surface area contributed by atoms with Gasteiger partial charge in [-0.25, -0.2) is 4.39 Å². The molecule has 22 heavy (non-hydrogen) atoms. The number of ether oxygens (including phenoxy) is 2. The lowest BCUT2D eigenvalue weighted by molar-refractivity contribution is -0.134. The van der Waals surface area contributed by atoms with Gasteiger partial charge < -0.3 is 20.1 Å². The smallest absolute Gasteiger partial charge is 0.250 e. The Morgan fingerprint density at radius 1 is 1.59 bits per heavy atom. The van der Waals surface area contributed by atoms with E-state index >= 15 is 0 Å². The second-order valence-electron chi connectivity index (χ2n) is 4.91. The van der Waals surface area contributed by atoms with E-state index in [4.69, 9.17) is 9.47 Å². The SMILES string of the molecule is CCC(CNC(=O)C1CNCCO1)Oc1cccc(F)c1.Cl. The first-order chi connectivity index (χ1) is 10.2. The van der Waals surface area contributed by atoms with Gasteiger partial charge in [-0.1, -0.05) is 13.0 Å². The van der Waals surface area contributed by atoms with Crippen molar-refractivity contribution in [2.75, 3.05) is 26.2 Å². The van der Waals surface area contributed by atoms with E-state index in [-0.39, 0.29) is 30.2 Å². The number of benzene rings is 1. The lowest BCUT2D eigenvalue weighted by Crippen LogP contribution is -2.49. The zero-order chi connectivity index (χ0) is 15.1. The number of morpholine rings is 1. The first kappa shape index (κ1) is 18.7. The van der Waals surface area contributed by atoms with Crippen LogP contribution in [0.25, 0.3) is 0 Å². The topological polar surface area (TPSA) is 59.6 Å². The first-order valence-electron chi connectivity index (χ1n) is 7.21. The van der Waals surface area contributed by atoms with Crippen molar-refractivity contribution in [3.05, 3.63) is 30.1 Å². The minimum absolute atomic E-state index is 0. The van der Waals surface area contributed by atoms with E-state index in [9.17, 15) is 9.18 Å². The molecule has 5 nitrogen and oxygen atoms in total. The molecular weight excluding hydrogens is 311 g/mol. The number of hydrogen-bond acceptors (Lipinski definition) is 4. The highest BCUT2D eigenvalue weighted by molar-refractivity contribution is 5.85. The fraction of sp³-hybridized carbons (Fsp3) is 0.533. The lowest BCUT2D eigenvalue weighted by Gasteiger charge is -2.24. The van der Waals surface area contributed by atoms with Crippen molar-refractivity contribution >= 4 is 18.3 Å². The van der Waals surface area contributed by atoms with Gasteiger partial charge in [0.2, 0.25) is 0 Å². The Morgan fingerprint density at radius 2 is 2.41 bits per heavy atom. The van der Waals surface area contributed by atoms with Crippen molar-refractivity contribution in [3.8, 4) is 5.75 Å². The van der Waals surface area contributed by atoms with Crippen LogP contribution in [0, 0.1) is 5.82 Å². The van der Waals surface area contributed by atoms with Gasteiger partial charge in [0.25, 0.3) is 5.91 Å². The third-order valence-electron chi connectivity index (χ3n) is 3.28. The summed E-state index contributed by atoms with van der Waals surface area (Å²) in [6.07, 6.45) is 0.0540. The highest BCUT2D eigenvalue weighted by Gasteiger charge is 2.22. The first-order valence-corrected chi connectivity index (χ1v) is 7.21. The van der Waals surface area contributed by atoms with Gasteiger partial charge in [0, 0.05) is 19.2 Å². The minimum atomic E-state index is -0.453. The molecule has 1 aromatic carbocycles. The van der Waals surface area contributed by atoms with Crippen LogP contribution in [0.4, 0.5) is 4.39 Å². The number of carbonyl (C=O) groups excluding carboxylic acids is 1. The normalized spacial score (nSPS) is 18.9. The number of halogens is 2. The van der Waals surface area contributed by atoms with Crippen molar-refractivity contribution in [1.29, 1.82) is 0 Å². The molecule has 1 saturated heterocycles. The van der Waals surface area contributed by atoms with Crippen molar-refractivity contribution in [3.63, 3.8) is 0 Å². The predicted molar refractivity (Wildman–Crippen MR) is 84.0 cm³/mol. The Morgan fingerprint density at radius 3 is 3.05 bits per heavy atom. The summed E-state index contributed by atoms with van der Waals surface area (Å²) in [7, 11) is 0. The van der Waals surface area contributed by atoms with Gasteiger partial charge in [-0.05, 0) is 18.6 Å². The quantitative estimate of drug-likeness (QED) is 0.829. The molecule has 2 unspecified atom stereocenters. The molecule has 0 saturated carbocycles. The molecule has 2 N–H and O–H groups in total. The number of nitrogens with one attached hydrogen (secondary N) is 2. The molecule has 1 heterocycles. The molecule has 7 heteroatoms. The van der Waals surface area contributed by atoms with E-state index in [2.05, 4.69) is 10.6 Å². The summed E-state index contributed by atoms with van der Waals surface area (Å²) in [5.74, 6) is -0.0248. The molecule has 1 amide bonds. The predicted octanol–water partition coefficient (Wildman–Crippen LogP) is 1.51. The Labute approximate surface area is 136 Å². The van der Waals surface area contributed by atoms with Gasteiger partial charge in [0.05, 0.1) is 13.2 Å². The monoisotopic (exact) mass is 332 g/mol. The molecule has 0 bridgehead atoms. The van der Waals surface area contributed by atoms with Crippen molar-refractivity contribution < 1.29 is 18.7 Å². The lowest BCUT2D eigenvalue weighted by atomic mass is 10.2. The summed E-state index contributed by atoms with van der Waals surface area (Å²) in [6, 6.07) is 5.99. The molecule has 1 aliphatic rings. The highest BCUT2D eigenvalue weighted by Crippen LogP contribution is 2.14. The van der Waals surface area contributed by atoms with Crippen LogP contribution in [0.15, 0.2) is 24.3 Å². The molecule has 0 spiro atoms. The van der Waals surface area contributed by atoms with Gasteiger partial charge >= 0.3 is 0 Å². The molecule has 0 aliphatic carbocycles. The average molecular weight is 333 g/mol. The maximum Gasteiger partial charge on any atom is 0.250 e. The van der Waals surface area contributed by atoms with Crippen molar-refractivity contribution in [2.24, 2.45) is 0 Å². The summed E-state index contributed by atoms with van der Waals surface area (Å²) in [4.78, 5) is 11.9. The van der Waals surface area contributed by atoms with Crippen LogP contribution in [-0.2, 0) is 9.53 Å². The van der Waals surface area contributed by atoms with Crippen LogP contribution in [0.2, 0.25) is 0 Å². The van der Waals surface area contributed by atoms with Gasteiger partial charge in [-0.15, -0.1) is 12.4 Å². The van der Waals surface area contributed by atoms with Crippen LogP contribution >= 0.6 is 12.4 Å². The number of hydrogen-bond donors (Lipinski definition) is 2. The van der Waals surface area contributed by atoms with Crippen LogP contribution in [0.3, 0.4) is 0 Å². The van der Waals surface area contributed by atoms with Crippen molar-refractivity contribution in [1.82, 2.24) is 10.6 Å². The Bertz CT molecular complexity index is 470. The summed E-state index contributed by atoms with van der Waals surface area (Å²) < 4.78 is 24.2. The van der Waals surface area contributed by atoms with Crippen LogP contribution in [-0.4, -0.2) is 44.4 Å². The standard InChI is InChI=1S/C15H21FN2O3.ClH/c1-2-12(21-13-5-3-4-11(16)8-13)9-18-15(19)14-10-17-6-7-20-14;/h3-5,8,12,14,17H,2,6-7,9-10H2,1H3,(H,18,19);1H. The molecule has 0 aromatic heterocycles. The second kappa shape index (κ2) is 9.61. The van der Waals surface area contributed by atoms with E-state index in [1.54, 1.807) is 12.1 Å². The zero-order valence-electron chi connectivity index (χ0n) is 12.5. The van der Waals surface area contributed by atoms with Crippen LogP contribution < -0.4 is 15.4 Å². The fourth-order valence-corrected chi connectivity index (χ4v) is 2.06. The van der Waals surface area contributed by atoms with Crippen molar-refractivity contribution in [2.45, 2.75) is 25.6 Å². The molecule has 1 aromatic rings. The molecule has 0 radical (unpaired) electrons. The number of carbonyl (C=O) groups is 1. The summed E-state index contributed by atoms with van der Waals surface area (Å²) >= 11 is 0. The molecule has 124 valence electrons. The number of amides is 1. The molecule has 1 aliphatic heterocycles. The summed E-state index contributed by atoms with van der Waals surface area (Å²) in [5, 5.41) is 5.92. The Hall–Kier alpha value is -1.37. The van der Waals surface area contributed by atoms with Gasteiger partial charge in [-0.3, -0.25) is 4.79 Å². The zero-order valence-corrected chi connectivity index (χ0v) is 13.3. The average Bonchev–Trinajstić information content (AvgIpc) is 2.52. The third kappa shape index (κ3) is 5.79. The molecule has 1 fully saturated rings. The highest BCUT2D eigenvalue weighted by atomic mass is 35.5. The van der Waals surface area contributed by atoms with Crippen LogP contribution in [0.1, 0.15) is 13.3 Å². The van der Waals surface area contributed by atoms with E-state index in [1.165, 1.54) is 12.1 Å². The van der Waals surface area contributed by atoms with Gasteiger partial charge in [0.1, 0.15) is 23.8 Å². The van der Waals surface area contributed by atoms with Gasteiger partial charge in [0.15, 0.2) is 0 Å². The number of rotatable bonds is 6. The molecule has 2 rings (SSSR count). The minimum Gasteiger partial charge on any atom is -0.489 e.